The fourth-order valence-corrected chi connectivity index (χ4v) is 4.02. The molecular formula is C21H13ClN2O5S. The molecule has 0 saturated carbocycles. The van der Waals surface area contributed by atoms with Gasteiger partial charge in [-0.3, -0.25) is 19.7 Å². The number of carbonyl (C=O) groups excluding carboxylic acids is 2. The molecule has 0 aliphatic carbocycles. The number of halogens is 1. The number of aryl methyl sites for hydroxylation is 1. The third-order valence-electron chi connectivity index (χ3n) is 4.38. The van der Waals surface area contributed by atoms with Crippen LogP contribution in [0, 0.1) is 17.0 Å². The van der Waals surface area contributed by atoms with E-state index in [0.717, 1.165) is 22.2 Å². The van der Waals surface area contributed by atoms with Gasteiger partial charge < -0.3 is 4.42 Å². The van der Waals surface area contributed by atoms with Crippen molar-refractivity contribution in [3.8, 4) is 11.3 Å². The monoisotopic (exact) mass is 440 g/mol. The molecule has 0 bridgehead atoms. The molecule has 3 aromatic rings. The number of amides is 2. The van der Waals surface area contributed by atoms with Crippen molar-refractivity contribution in [2.24, 2.45) is 0 Å². The van der Waals surface area contributed by atoms with Crippen molar-refractivity contribution < 1.29 is 18.9 Å². The van der Waals surface area contributed by atoms with Crippen LogP contribution in [0.1, 0.15) is 11.3 Å². The summed E-state index contributed by atoms with van der Waals surface area (Å²) in [5.74, 6) is 0.102. The Morgan fingerprint density at radius 3 is 2.67 bits per heavy atom. The van der Waals surface area contributed by atoms with Crippen LogP contribution in [0.4, 0.5) is 16.2 Å². The van der Waals surface area contributed by atoms with Crippen LogP contribution in [0.15, 0.2) is 63.9 Å². The van der Waals surface area contributed by atoms with E-state index in [2.05, 4.69) is 0 Å². The number of imide groups is 1. The van der Waals surface area contributed by atoms with Gasteiger partial charge in [0.25, 0.3) is 16.8 Å². The Morgan fingerprint density at radius 1 is 1.13 bits per heavy atom. The molecule has 2 aromatic carbocycles. The number of nitrogens with zero attached hydrogens (tertiary/aromatic N) is 2. The third kappa shape index (κ3) is 3.74. The summed E-state index contributed by atoms with van der Waals surface area (Å²) in [6.45, 7) is 1.76. The maximum absolute atomic E-state index is 12.7. The maximum Gasteiger partial charge on any atom is 0.298 e. The topological polar surface area (TPSA) is 93.7 Å². The molecule has 2 heterocycles. The summed E-state index contributed by atoms with van der Waals surface area (Å²) in [6.07, 6.45) is 1.44. The Kier molecular flexibility index (Phi) is 5.19. The van der Waals surface area contributed by atoms with Crippen molar-refractivity contribution in [1.29, 1.82) is 0 Å². The molecule has 4 rings (SSSR count). The Labute approximate surface area is 180 Å². The van der Waals surface area contributed by atoms with Gasteiger partial charge in [0.2, 0.25) is 0 Å². The quantitative estimate of drug-likeness (QED) is 0.278. The molecule has 1 saturated heterocycles. The summed E-state index contributed by atoms with van der Waals surface area (Å²) in [5, 5.41) is 11.3. The Hall–Kier alpha value is -3.36. The van der Waals surface area contributed by atoms with E-state index in [4.69, 9.17) is 16.0 Å². The van der Waals surface area contributed by atoms with Gasteiger partial charge >= 0.3 is 0 Å². The van der Waals surface area contributed by atoms with Crippen LogP contribution in [-0.2, 0) is 4.79 Å². The fourth-order valence-electron chi connectivity index (χ4n) is 3.01. The predicted molar refractivity (Wildman–Crippen MR) is 115 cm³/mol. The minimum absolute atomic E-state index is 0.0721. The first-order valence-corrected chi connectivity index (χ1v) is 9.92. The summed E-state index contributed by atoms with van der Waals surface area (Å²) in [7, 11) is 0. The molecule has 30 heavy (non-hydrogen) atoms. The number of hydrogen-bond acceptors (Lipinski definition) is 6. The minimum atomic E-state index is -0.494. The molecule has 1 fully saturated rings. The molecule has 9 heteroatoms. The van der Waals surface area contributed by atoms with Crippen molar-refractivity contribution in [1.82, 2.24) is 0 Å². The van der Waals surface area contributed by atoms with E-state index < -0.39 is 16.1 Å². The van der Waals surface area contributed by atoms with E-state index in [1.54, 1.807) is 49.4 Å². The first kappa shape index (κ1) is 19.9. The Morgan fingerprint density at radius 2 is 1.93 bits per heavy atom. The first-order valence-electron chi connectivity index (χ1n) is 8.72. The first-order chi connectivity index (χ1) is 14.3. The van der Waals surface area contributed by atoms with Crippen molar-refractivity contribution in [2.75, 3.05) is 4.90 Å². The molecule has 2 amide bonds. The van der Waals surface area contributed by atoms with Crippen LogP contribution in [-0.4, -0.2) is 16.1 Å². The highest BCUT2D eigenvalue weighted by Gasteiger charge is 2.36. The van der Waals surface area contributed by atoms with Crippen molar-refractivity contribution in [3.05, 3.63) is 86.0 Å². The zero-order valence-corrected chi connectivity index (χ0v) is 17.1. The van der Waals surface area contributed by atoms with E-state index >= 15 is 0 Å². The lowest BCUT2D eigenvalue weighted by atomic mass is 10.1. The van der Waals surface area contributed by atoms with Gasteiger partial charge in [-0.05, 0) is 60.6 Å². The number of benzene rings is 2. The fraction of sp³-hybridized carbons (Fsp3) is 0.0476. The summed E-state index contributed by atoms with van der Waals surface area (Å²) < 4.78 is 5.71. The lowest BCUT2D eigenvalue weighted by Gasteiger charge is -2.12. The molecule has 0 unspecified atom stereocenters. The Bertz CT molecular complexity index is 1230. The second-order valence-corrected chi connectivity index (χ2v) is 7.91. The number of rotatable bonds is 4. The number of hydrogen-bond donors (Lipinski definition) is 0. The van der Waals surface area contributed by atoms with Crippen LogP contribution >= 0.6 is 23.4 Å². The highest BCUT2D eigenvalue weighted by atomic mass is 35.5. The molecule has 1 aromatic heterocycles. The predicted octanol–water partition coefficient (Wildman–Crippen LogP) is 6.06. The van der Waals surface area contributed by atoms with Gasteiger partial charge in [0.05, 0.1) is 21.1 Å². The van der Waals surface area contributed by atoms with Crippen LogP contribution < -0.4 is 4.90 Å². The molecule has 7 nitrogen and oxygen atoms in total. The number of thioether (sulfide) groups is 1. The number of carbonyl (C=O) groups is 2. The molecule has 1 aliphatic rings. The molecular weight excluding hydrogens is 428 g/mol. The van der Waals surface area contributed by atoms with Gasteiger partial charge in [0.15, 0.2) is 0 Å². The second kappa shape index (κ2) is 7.81. The van der Waals surface area contributed by atoms with Gasteiger partial charge in [0, 0.05) is 17.2 Å². The molecule has 0 N–H and O–H groups in total. The summed E-state index contributed by atoms with van der Waals surface area (Å²) >= 11 is 6.74. The average molecular weight is 441 g/mol. The lowest BCUT2D eigenvalue weighted by molar-refractivity contribution is -0.384. The van der Waals surface area contributed by atoms with Crippen LogP contribution in [0.25, 0.3) is 17.4 Å². The highest BCUT2D eigenvalue weighted by molar-refractivity contribution is 8.19. The SMILES string of the molecule is Cc1ccc(-c2ccc(/C=C3/SC(=O)N(c4cccc(Cl)c4)C3=O)o2)c([N+](=O)[O-])c1. The normalized spacial score (nSPS) is 15.3. The summed E-state index contributed by atoms with van der Waals surface area (Å²) in [5.41, 5.74) is 1.39. The maximum atomic E-state index is 12.7. The lowest BCUT2D eigenvalue weighted by Crippen LogP contribution is -2.27. The molecule has 0 radical (unpaired) electrons. The second-order valence-electron chi connectivity index (χ2n) is 6.48. The van der Waals surface area contributed by atoms with Crippen molar-refractivity contribution >= 4 is 52.0 Å². The van der Waals surface area contributed by atoms with Gasteiger partial charge in [-0.1, -0.05) is 23.7 Å². The minimum Gasteiger partial charge on any atom is -0.456 e. The number of nitro benzene ring substituents is 1. The molecule has 1 aliphatic heterocycles. The van der Waals surface area contributed by atoms with Crippen molar-refractivity contribution in [2.45, 2.75) is 6.92 Å². The van der Waals surface area contributed by atoms with Crippen LogP contribution in [0.2, 0.25) is 5.02 Å². The van der Waals surface area contributed by atoms with E-state index in [1.807, 2.05) is 0 Å². The zero-order chi connectivity index (χ0) is 21.4. The molecule has 0 atom stereocenters. The van der Waals surface area contributed by atoms with E-state index in [1.165, 1.54) is 18.2 Å². The zero-order valence-electron chi connectivity index (χ0n) is 15.5. The molecule has 0 spiro atoms. The van der Waals surface area contributed by atoms with Gasteiger partial charge in [-0.25, -0.2) is 4.90 Å². The highest BCUT2D eigenvalue weighted by Crippen LogP contribution is 2.38. The standard InChI is InChI=1S/C21H13ClN2O5S/c1-12-5-7-16(17(9-12)24(27)28)18-8-6-15(29-18)11-19-20(25)23(21(26)30-19)14-4-2-3-13(22)10-14/h2-11H,1H3/b19-11+. The van der Waals surface area contributed by atoms with E-state index in [-0.39, 0.29) is 10.6 Å². The van der Waals surface area contributed by atoms with Crippen LogP contribution in [0.3, 0.4) is 0 Å². The average Bonchev–Trinajstić information content (AvgIpc) is 3.26. The van der Waals surface area contributed by atoms with Gasteiger partial charge in [-0.2, -0.15) is 0 Å². The summed E-state index contributed by atoms with van der Waals surface area (Å²) in [6, 6.07) is 14.5. The Balaban J connectivity index is 1.65. The third-order valence-corrected chi connectivity index (χ3v) is 5.48. The van der Waals surface area contributed by atoms with E-state index in [0.29, 0.717) is 27.8 Å². The smallest absolute Gasteiger partial charge is 0.298 e. The van der Waals surface area contributed by atoms with Gasteiger partial charge in [-0.15, -0.1) is 0 Å². The van der Waals surface area contributed by atoms with Crippen molar-refractivity contribution in [3.63, 3.8) is 0 Å². The number of nitro groups is 1. The number of furan rings is 1. The number of anilines is 1. The largest absolute Gasteiger partial charge is 0.456 e. The van der Waals surface area contributed by atoms with Crippen LogP contribution in [0.5, 0.6) is 0 Å². The molecule has 150 valence electrons. The van der Waals surface area contributed by atoms with Gasteiger partial charge in [0.1, 0.15) is 11.5 Å². The summed E-state index contributed by atoms with van der Waals surface area (Å²) in [4.78, 5) is 37.2. The van der Waals surface area contributed by atoms with E-state index in [9.17, 15) is 19.7 Å².